The van der Waals surface area contributed by atoms with E-state index in [-0.39, 0.29) is 36.6 Å². The van der Waals surface area contributed by atoms with E-state index in [4.69, 9.17) is 0 Å². The van der Waals surface area contributed by atoms with Crippen LogP contribution >= 0.6 is 27.7 Å². The highest BCUT2D eigenvalue weighted by Gasteiger charge is 2.34. The molecule has 3 rings (SSSR count). The second kappa shape index (κ2) is 9.01. The number of nitrogens with one attached hydrogen (secondary N) is 1. The van der Waals surface area contributed by atoms with Crippen LogP contribution in [0.1, 0.15) is 11.1 Å². The summed E-state index contributed by atoms with van der Waals surface area (Å²) in [6.07, 6.45) is 1.95. The van der Waals surface area contributed by atoms with Crippen LogP contribution in [0.25, 0.3) is 6.08 Å². The van der Waals surface area contributed by atoms with Gasteiger partial charge < -0.3 is 5.32 Å². The molecule has 1 heterocycles. The van der Waals surface area contributed by atoms with Crippen molar-refractivity contribution in [2.24, 2.45) is 0 Å². The summed E-state index contributed by atoms with van der Waals surface area (Å²) in [5, 5.41) is 2.44. The number of hydrogen-bond acceptors (Lipinski definition) is 4. The first-order chi connectivity index (χ1) is 13.0. The molecule has 138 valence electrons. The van der Waals surface area contributed by atoms with Gasteiger partial charge in [0, 0.05) is 17.6 Å². The lowest BCUT2D eigenvalue weighted by Gasteiger charge is -2.13. The van der Waals surface area contributed by atoms with Crippen molar-refractivity contribution in [1.82, 2.24) is 10.2 Å². The molecule has 1 fully saturated rings. The van der Waals surface area contributed by atoms with Gasteiger partial charge in [0.05, 0.1) is 11.3 Å². The summed E-state index contributed by atoms with van der Waals surface area (Å²) >= 11 is 4.29. The largest absolute Gasteiger partial charge is 0.354 e. The van der Waals surface area contributed by atoms with Gasteiger partial charge in [0.2, 0.25) is 5.91 Å². The van der Waals surface area contributed by atoms with E-state index in [0.717, 1.165) is 27.4 Å². The van der Waals surface area contributed by atoms with Gasteiger partial charge in [-0.3, -0.25) is 19.3 Å². The third-order valence-corrected chi connectivity index (χ3v) is 5.28. The third-order valence-electron chi connectivity index (χ3n) is 3.88. The molecule has 2 aromatic rings. The molecule has 7 heteroatoms. The van der Waals surface area contributed by atoms with E-state index in [1.54, 1.807) is 6.08 Å². The molecule has 0 bridgehead atoms. The highest BCUT2D eigenvalue weighted by molar-refractivity contribution is 9.10. The molecule has 3 amide bonds. The quantitative estimate of drug-likeness (QED) is 0.687. The van der Waals surface area contributed by atoms with E-state index >= 15 is 0 Å². The van der Waals surface area contributed by atoms with Gasteiger partial charge in [-0.1, -0.05) is 58.4 Å². The minimum atomic E-state index is -0.324. The van der Waals surface area contributed by atoms with Gasteiger partial charge in [-0.2, -0.15) is 0 Å². The fourth-order valence-electron chi connectivity index (χ4n) is 2.60. The van der Waals surface area contributed by atoms with Crippen LogP contribution in [0, 0.1) is 0 Å². The number of carbonyl (C=O) groups is 3. The topological polar surface area (TPSA) is 66.5 Å². The summed E-state index contributed by atoms with van der Waals surface area (Å²) in [5.74, 6) is -0.477. The van der Waals surface area contributed by atoms with Gasteiger partial charge in [0.1, 0.15) is 0 Å². The number of halogens is 1. The average Bonchev–Trinajstić information content (AvgIpc) is 2.90. The lowest BCUT2D eigenvalue weighted by atomic mass is 10.1. The van der Waals surface area contributed by atoms with E-state index in [0.29, 0.717) is 4.91 Å². The highest BCUT2D eigenvalue weighted by atomic mass is 79.9. The van der Waals surface area contributed by atoms with E-state index in [1.165, 1.54) is 4.90 Å². The fraction of sp³-hybridized carbons (Fsp3) is 0.150. The number of amides is 3. The zero-order valence-corrected chi connectivity index (χ0v) is 16.8. The Morgan fingerprint density at radius 3 is 2.63 bits per heavy atom. The number of nitrogens with zero attached hydrogens (tertiary/aromatic N) is 1. The summed E-state index contributed by atoms with van der Waals surface area (Å²) in [6.45, 7) is 0.379. The van der Waals surface area contributed by atoms with E-state index in [1.807, 2.05) is 54.6 Å². The summed E-state index contributed by atoms with van der Waals surface area (Å²) in [5.41, 5.74) is 1.75. The Labute approximate surface area is 169 Å². The molecular weight excluding hydrogens is 428 g/mol. The first-order valence-electron chi connectivity index (χ1n) is 8.34. The Morgan fingerprint density at radius 1 is 1.11 bits per heavy atom. The Bertz CT molecular complexity index is 899. The molecular formula is C20H17BrN2O3S. The molecule has 0 spiro atoms. The van der Waals surface area contributed by atoms with Crippen LogP contribution in [0.5, 0.6) is 0 Å². The maximum atomic E-state index is 12.4. The normalized spacial score (nSPS) is 15.4. The number of carbonyl (C=O) groups excluding carboxylic acids is 3. The SMILES string of the molecule is O=C(Cc1cccc(Br)c1)NCCN1C(=O)SC(=Cc2ccccc2)C1=O. The van der Waals surface area contributed by atoms with E-state index < -0.39 is 0 Å². The van der Waals surface area contributed by atoms with Gasteiger partial charge >= 0.3 is 0 Å². The minimum absolute atomic E-state index is 0.153. The molecule has 1 aliphatic heterocycles. The van der Waals surface area contributed by atoms with E-state index in [2.05, 4.69) is 21.2 Å². The lowest BCUT2D eigenvalue weighted by molar-refractivity contribution is -0.124. The summed E-state index contributed by atoms with van der Waals surface area (Å²) in [7, 11) is 0. The van der Waals surface area contributed by atoms with Crippen molar-refractivity contribution in [1.29, 1.82) is 0 Å². The number of thioether (sulfide) groups is 1. The maximum absolute atomic E-state index is 12.4. The van der Waals surface area contributed by atoms with Crippen LogP contribution in [0.4, 0.5) is 4.79 Å². The zero-order chi connectivity index (χ0) is 19.2. The van der Waals surface area contributed by atoms with Crippen LogP contribution in [-0.4, -0.2) is 35.0 Å². The monoisotopic (exact) mass is 444 g/mol. The predicted molar refractivity (Wildman–Crippen MR) is 110 cm³/mol. The number of hydrogen-bond donors (Lipinski definition) is 1. The number of imide groups is 1. The standard InChI is InChI=1S/C20H17BrN2O3S/c21-16-8-4-7-15(11-16)13-18(24)22-9-10-23-19(25)17(27-20(23)26)12-14-5-2-1-3-6-14/h1-8,11-12H,9-10,13H2,(H,22,24). The van der Waals surface area contributed by atoms with Crippen molar-refractivity contribution in [2.75, 3.05) is 13.1 Å². The van der Waals surface area contributed by atoms with Crippen molar-refractivity contribution < 1.29 is 14.4 Å². The van der Waals surface area contributed by atoms with E-state index in [9.17, 15) is 14.4 Å². The molecule has 0 radical (unpaired) electrons. The highest BCUT2D eigenvalue weighted by Crippen LogP contribution is 2.31. The van der Waals surface area contributed by atoms with Crippen molar-refractivity contribution >= 4 is 50.8 Å². The van der Waals surface area contributed by atoms with Crippen molar-refractivity contribution in [2.45, 2.75) is 6.42 Å². The molecule has 0 saturated carbocycles. The van der Waals surface area contributed by atoms with Crippen molar-refractivity contribution in [3.05, 3.63) is 75.1 Å². The van der Waals surface area contributed by atoms with Crippen LogP contribution in [-0.2, 0) is 16.0 Å². The lowest BCUT2D eigenvalue weighted by Crippen LogP contribution is -2.37. The maximum Gasteiger partial charge on any atom is 0.293 e. The van der Waals surface area contributed by atoms with Gasteiger partial charge in [-0.15, -0.1) is 0 Å². The van der Waals surface area contributed by atoms with Gasteiger partial charge in [0.25, 0.3) is 11.1 Å². The molecule has 27 heavy (non-hydrogen) atoms. The Hall–Kier alpha value is -2.38. The molecule has 0 aromatic heterocycles. The van der Waals surface area contributed by atoms with Crippen molar-refractivity contribution in [3.63, 3.8) is 0 Å². The summed E-state index contributed by atoms with van der Waals surface area (Å²) < 4.78 is 0.913. The van der Waals surface area contributed by atoms with Crippen LogP contribution in [0.2, 0.25) is 0 Å². The smallest absolute Gasteiger partial charge is 0.293 e. The molecule has 1 N–H and O–H groups in total. The Kier molecular flexibility index (Phi) is 6.47. The van der Waals surface area contributed by atoms with Crippen LogP contribution in [0.3, 0.4) is 0 Å². The zero-order valence-electron chi connectivity index (χ0n) is 14.4. The molecule has 0 aliphatic carbocycles. The summed E-state index contributed by atoms with van der Waals surface area (Å²) in [4.78, 5) is 38.1. The Morgan fingerprint density at radius 2 is 1.89 bits per heavy atom. The molecule has 5 nitrogen and oxygen atoms in total. The fourth-order valence-corrected chi connectivity index (χ4v) is 3.91. The Balaban J connectivity index is 1.52. The van der Waals surface area contributed by atoms with Gasteiger partial charge in [-0.25, -0.2) is 0 Å². The first-order valence-corrected chi connectivity index (χ1v) is 9.95. The first kappa shape index (κ1) is 19.4. The molecule has 0 atom stereocenters. The van der Waals surface area contributed by atoms with Crippen LogP contribution < -0.4 is 5.32 Å². The van der Waals surface area contributed by atoms with Gasteiger partial charge in [-0.05, 0) is 41.1 Å². The van der Waals surface area contributed by atoms with Crippen molar-refractivity contribution in [3.8, 4) is 0 Å². The molecule has 1 aliphatic rings. The van der Waals surface area contributed by atoms with Gasteiger partial charge in [0.15, 0.2) is 0 Å². The third kappa shape index (κ3) is 5.30. The average molecular weight is 445 g/mol. The second-order valence-electron chi connectivity index (χ2n) is 5.90. The minimum Gasteiger partial charge on any atom is -0.354 e. The molecule has 2 aromatic carbocycles. The number of rotatable bonds is 6. The second-order valence-corrected chi connectivity index (χ2v) is 7.81. The number of benzene rings is 2. The predicted octanol–water partition coefficient (Wildman–Crippen LogP) is 3.84. The molecule has 1 saturated heterocycles. The summed E-state index contributed by atoms with van der Waals surface area (Å²) in [6, 6.07) is 16.9. The van der Waals surface area contributed by atoms with Crippen LogP contribution in [0.15, 0.2) is 64.0 Å². The molecule has 0 unspecified atom stereocenters.